The molecule has 1 aliphatic rings. The molecule has 0 spiro atoms. The topological polar surface area (TPSA) is 53.1 Å². The van der Waals surface area contributed by atoms with Gasteiger partial charge in [0.25, 0.3) is 0 Å². The summed E-state index contributed by atoms with van der Waals surface area (Å²) in [5.74, 6) is 0.819. The van der Waals surface area contributed by atoms with Crippen LogP contribution in [0.1, 0.15) is 5.56 Å². The van der Waals surface area contributed by atoms with Crippen LogP contribution in [-0.2, 0) is 6.54 Å². The van der Waals surface area contributed by atoms with Gasteiger partial charge in [-0.3, -0.25) is 0 Å². The first-order valence-electron chi connectivity index (χ1n) is 6.88. The van der Waals surface area contributed by atoms with Gasteiger partial charge in [-0.1, -0.05) is 30.3 Å². The number of hydrogen-bond acceptors (Lipinski definition) is 5. The monoisotopic (exact) mass is 269 g/mol. The Bertz CT molecular complexity index is 551. The van der Waals surface area contributed by atoms with Gasteiger partial charge in [-0.2, -0.15) is 5.10 Å². The predicted molar refractivity (Wildman–Crippen MR) is 80.9 cm³/mol. The van der Waals surface area contributed by atoms with Gasteiger partial charge in [0, 0.05) is 31.7 Å². The molecule has 0 unspecified atom stereocenters. The summed E-state index contributed by atoms with van der Waals surface area (Å²) in [5.41, 5.74) is 2.36. The second kappa shape index (κ2) is 5.88. The number of benzene rings is 1. The maximum absolute atomic E-state index is 4.13. The van der Waals surface area contributed by atoms with E-state index < -0.39 is 0 Å². The van der Waals surface area contributed by atoms with Gasteiger partial charge in [0.15, 0.2) is 5.82 Å². The Kier molecular flexibility index (Phi) is 3.78. The van der Waals surface area contributed by atoms with Crippen molar-refractivity contribution in [3.8, 4) is 0 Å². The van der Waals surface area contributed by atoms with Crippen LogP contribution in [0.25, 0.3) is 0 Å². The molecule has 1 aromatic heterocycles. The quantitative estimate of drug-likeness (QED) is 0.861. The summed E-state index contributed by atoms with van der Waals surface area (Å²) in [6.45, 7) is 2.82. The van der Waals surface area contributed by atoms with E-state index in [1.165, 1.54) is 5.56 Å². The lowest BCUT2D eigenvalue weighted by molar-refractivity contribution is 0.450. The van der Waals surface area contributed by atoms with Crippen LogP contribution in [0.2, 0.25) is 0 Å². The average Bonchev–Trinajstić information content (AvgIpc) is 2.46. The molecular formula is C15H19N5. The van der Waals surface area contributed by atoms with Gasteiger partial charge >= 0.3 is 0 Å². The first-order chi connectivity index (χ1) is 9.85. The second-order valence-corrected chi connectivity index (χ2v) is 5.03. The van der Waals surface area contributed by atoms with E-state index in [9.17, 15) is 0 Å². The molecule has 20 heavy (non-hydrogen) atoms. The standard InChI is InChI=1S/C15H19N5/c1-16-13-10-20(11-13)14-7-15(19-18-9-14)17-8-12-5-3-2-4-6-12/h2-7,9,13,16H,8,10-11H2,1H3,(H,17,19). The minimum Gasteiger partial charge on any atom is -0.367 e. The van der Waals surface area contributed by atoms with Crippen molar-refractivity contribution in [2.24, 2.45) is 0 Å². The molecule has 1 aliphatic heterocycles. The maximum Gasteiger partial charge on any atom is 0.150 e. The van der Waals surface area contributed by atoms with Crippen molar-refractivity contribution in [1.29, 1.82) is 0 Å². The molecule has 104 valence electrons. The molecule has 0 aliphatic carbocycles. The van der Waals surface area contributed by atoms with Crippen LogP contribution in [0, 0.1) is 0 Å². The highest BCUT2D eigenvalue weighted by molar-refractivity contribution is 5.54. The van der Waals surface area contributed by atoms with Gasteiger partial charge in [0.2, 0.25) is 0 Å². The third-order valence-corrected chi connectivity index (χ3v) is 3.61. The Hall–Kier alpha value is -2.14. The van der Waals surface area contributed by atoms with Crippen molar-refractivity contribution < 1.29 is 0 Å². The molecule has 0 bridgehead atoms. The zero-order valence-corrected chi connectivity index (χ0v) is 11.6. The number of hydrogen-bond donors (Lipinski definition) is 2. The zero-order valence-electron chi connectivity index (χ0n) is 11.6. The Balaban J connectivity index is 1.60. The molecular weight excluding hydrogens is 250 g/mol. The zero-order chi connectivity index (χ0) is 13.8. The van der Waals surface area contributed by atoms with E-state index >= 15 is 0 Å². The number of likely N-dealkylation sites (N-methyl/N-ethyl adjacent to an activating group) is 1. The fourth-order valence-corrected chi connectivity index (χ4v) is 2.28. The summed E-state index contributed by atoms with van der Waals surface area (Å²) in [7, 11) is 2.00. The van der Waals surface area contributed by atoms with E-state index in [2.05, 4.69) is 43.9 Å². The van der Waals surface area contributed by atoms with E-state index in [-0.39, 0.29) is 0 Å². The fourth-order valence-electron chi connectivity index (χ4n) is 2.28. The van der Waals surface area contributed by atoms with Crippen molar-refractivity contribution in [3.05, 3.63) is 48.2 Å². The van der Waals surface area contributed by atoms with E-state index in [0.29, 0.717) is 6.04 Å². The molecule has 2 N–H and O–H groups in total. The summed E-state index contributed by atoms with van der Waals surface area (Å²) in [5, 5.41) is 14.8. The Labute approximate surface area is 119 Å². The van der Waals surface area contributed by atoms with Crippen LogP contribution in [0.3, 0.4) is 0 Å². The van der Waals surface area contributed by atoms with Crippen LogP contribution in [0.4, 0.5) is 11.5 Å². The van der Waals surface area contributed by atoms with Crippen molar-refractivity contribution >= 4 is 11.5 Å². The second-order valence-electron chi connectivity index (χ2n) is 5.03. The molecule has 0 atom stereocenters. The van der Waals surface area contributed by atoms with Crippen LogP contribution in [0.5, 0.6) is 0 Å². The Morgan fingerprint density at radius 2 is 2.05 bits per heavy atom. The van der Waals surface area contributed by atoms with Gasteiger partial charge in [0.05, 0.1) is 11.9 Å². The van der Waals surface area contributed by atoms with Crippen molar-refractivity contribution in [3.63, 3.8) is 0 Å². The van der Waals surface area contributed by atoms with Gasteiger partial charge < -0.3 is 15.5 Å². The molecule has 0 radical (unpaired) electrons. The van der Waals surface area contributed by atoms with E-state index in [0.717, 1.165) is 31.1 Å². The molecule has 5 nitrogen and oxygen atoms in total. The minimum absolute atomic E-state index is 0.587. The van der Waals surface area contributed by atoms with Crippen molar-refractivity contribution in [2.45, 2.75) is 12.6 Å². The molecule has 1 saturated heterocycles. The highest BCUT2D eigenvalue weighted by Crippen LogP contribution is 2.21. The van der Waals surface area contributed by atoms with Gasteiger partial charge in [-0.05, 0) is 12.6 Å². The van der Waals surface area contributed by atoms with Gasteiger partial charge in [-0.15, -0.1) is 5.10 Å². The summed E-state index contributed by atoms with van der Waals surface area (Å²) >= 11 is 0. The number of rotatable bonds is 5. The van der Waals surface area contributed by atoms with E-state index in [1.54, 1.807) is 0 Å². The SMILES string of the molecule is CNC1CN(c2cnnc(NCc3ccccc3)c2)C1. The third kappa shape index (κ3) is 2.88. The largest absolute Gasteiger partial charge is 0.367 e. The number of nitrogens with one attached hydrogen (secondary N) is 2. The first kappa shape index (κ1) is 12.9. The van der Waals surface area contributed by atoms with Gasteiger partial charge in [0.1, 0.15) is 0 Å². The minimum atomic E-state index is 0.587. The molecule has 2 heterocycles. The molecule has 0 saturated carbocycles. The molecule has 2 aromatic rings. The van der Waals surface area contributed by atoms with Crippen molar-refractivity contribution in [2.75, 3.05) is 30.4 Å². The van der Waals surface area contributed by atoms with Crippen LogP contribution in [-0.4, -0.2) is 36.4 Å². The van der Waals surface area contributed by atoms with Crippen molar-refractivity contribution in [1.82, 2.24) is 15.5 Å². The van der Waals surface area contributed by atoms with E-state index in [4.69, 9.17) is 0 Å². The lowest BCUT2D eigenvalue weighted by atomic mass is 10.1. The summed E-state index contributed by atoms with van der Waals surface area (Å²) in [6, 6.07) is 12.9. The number of aromatic nitrogens is 2. The average molecular weight is 269 g/mol. The Morgan fingerprint density at radius 1 is 1.25 bits per heavy atom. The number of nitrogens with zero attached hydrogens (tertiary/aromatic N) is 3. The highest BCUT2D eigenvalue weighted by atomic mass is 15.3. The van der Waals surface area contributed by atoms with Crippen LogP contribution in [0.15, 0.2) is 42.6 Å². The first-order valence-corrected chi connectivity index (χ1v) is 6.88. The number of anilines is 2. The predicted octanol–water partition coefficient (Wildman–Crippen LogP) is 1.50. The molecule has 3 rings (SSSR count). The molecule has 0 amide bonds. The lowest BCUT2D eigenvalue weighted by Crippen LogP contribution is -2.57. The van der Waals surface area contributed by atoms with E-state index in [1.807, 2.05) is 31.4 Å². The van der Waals surface area contributed by atoms with Gasteiger partial charge in [-0.25, -0.2) is 0 Å². The normalized spacial score (nSPS) is 14.9. The maximum atomic E-state index is 4.13. The summed E-state index contributed by atoms with van der Waals surface area (Å²) in [6.07, 6.45) is 1.82. The Morgan fingerprint density at radius 3 is 2.80 bits per heavy atom. The highest BCUT2D eigenvalue weighted by Gasteiger charge is 2.25. The fraction of sp³-hybridized carbons (Fsp3) is 0.333. The van der Waals surface area contributed by atoms with Crippen LogP contribution >= 0.6 is 0 Å². The third-order valence-electron chi connectivity index (χ3n) is 3.61. The summed E-state index contributed by atoms with van der Waals surface area (Å²) < 4.78 is 0. The molecule has 1 fully saturated rings. The molecule has 5 heteroatoms. The van der Waals surface area contributed by atoms with Crippen LogP contribution < -0.4 is 15.5 Å². The lowest BCUT2D eigenvalue weighted by Gasteiger charge is -2.40. The molecule has 1 aromatic carbocycles. The smallest absolute Gasteiger partial charge is 0.150 e. The summed E-state index contributed by atoms with van der Waals surface area (Å²) in [4.78, 5) is 2.30.